The summed E-state index contributed by atoms with van der Waals surface area (Å²) in [5.74, 6) is -0.0121. The average molecular weight is 339 g/mol. The second-order valence-electron chi connectivity index (χ2n) is 6.14. The van der Waals surface area contributed by atoms with Gasteiger partial charge >= 0.3 is 0 Å². The Balaban J connectivity index is 1.95. The highest BCUT2D eigenvalue weighted by Gasteiger charge is 2.11. The Hall–Kier alpha value is -2.70. The number of fused-ring (bicyclic) bond motifs is 1. The van der Waals surface area contributed by atoms with Crippen LogP contribution in [0.2, 0.25) is 0 Å². The summed E-state index contributed by atoms with van der Waals surface area (Å²) in [5.41, 5.74) is 2.71. The molecule has 0 unspecified atom stereocenters. The quantitative estimate of drug-likeness (QED) is 0.674. The topological polar surface area (TPSA) is 78.5 Å². The molecule has 0 saturated heterocycles. The van der Waals surface area contributed by atoms with Crippen molar-refractivity contribution in [1.82, 2.24) is 14.9 Å². The molecular formula is C19H21N3O3. The lowest BCUT2D eigenvalue weighted by atomic mass is 9.98. The van der Waals surface area contributed by atoms with Crippen molar-refractivity contribution in [3.8, 4) is 16.9 Å². The molecule has 25 heavy (non-hydrogen) atoms. The zero-order valence-corrected chi connectivity index (χ0v) is 14.3. The molecular weight excluding hydrogens is 318 g/mol. The number of aromatic nitrogens is 2. The minimum atomic E-state index is -0.276. The normalized spacial score (nSPS) is 11.3. The Morgan fingerprint density at radius 3 is 2.84 bits per heavy atom. The van der Waals surface area contributed by atoms with E-state index in [1.165, 1.54) is 6.33 Å². The van der Waals surface area contributed by atoms with E-state index in [9.17, 15) is 9.90 Å². The fourth-order valence-corrected chi connectivity index (χ4v) is 2.67. The SMILES string of the molecule is CN(C)CCOCc1ccccc1-c1cc(O)c2nc[nH]c(=O)c2c1. The number of nitrogens with one attached hydrogen (secondary N) is 1. The number of ether oxygens (including phenoxy) is 1. The molecule has 0 radical (unpaired) electrons. The van der Waals surface area contributed by atoms with Gasteiger partial charge in [-0.3, -0.25) is 4.79 Å². The molecule has 130 valence electrons. The van der Waals surface area contributed by atoms with Gasteiger partial charge in [0.1, 0.15) is 11.3 Å². The van der Waals surface area contributed by atoms with Gasteiger partial charge < -0.3 is 19.7 Å². The number of benzene rings is 2. The highest BCUT2D eigenvalue weighted by atomic mass is 16.5. The monoisotopic (exact) mass is 339 g/mol. The lowest BCUT2D eigenvalue weighted by Gasteiger charge is -2.13. The maximum absolute atomic E-state index is 12.0. The molecule has 2 aromatic carbocycles. The smallest absolute Gasteiger partial charge is 0.258 e. The summed E-state index contributed by atoms with van der Waals surface area (Å²) < 4.78 is 5.75. The zero-order chi connectivity index (χ0) is 17.8. The lowest BCUT2D eigenvalue weighted by Crippen LogP contribution is -2.18. The molecule has 1 heterocycles. The number of H-pyrrole nitrogens is 1. The summed E-state index contributed by atoms with van der Waals surface area (Å²) in [7, 11) is 4.00. The second-order valence-corrected chi connectivity index (χ2v) is 6.14. The molecule has 0 saturated carbocycles. The molecule has 0 atom stereocenters. The number of rotatable bonds is 6. The van der Waals surface area contributed by atoms with Gasteiger partial charge in [-0.2, -0.15) is 0 Å². The Kier molecular flexibility index (Phi) is 5.11. The van der Waals surface area contributed by atoms with Gasteiger partial charge in [-0.1, -0.05) is 24.3 Å². The van der Waals surface area contributed by atoms with Crippen LogP contribution in [0.1, 0.15) is 5.56 Å². The Bertz CT molecular complexity index is 935. The van der Waals surface area contributed by atoms with Gasteiger partial charge in [0, 0.05) is 6.54 Å². The summed E-state index contributed by atoms with van der Waals surface area (Å²) in [6, 6.07) is 11.2. The maximum Gasteiger partial charge on any atom is 0.258 e. The molecule has 0 amide bonds. The number of likely N-dealkylation sites (N-methyl/N-ethyl adjacent to an activating group) is 1. The van der Waals surface area contributed by atoms with Crippen LogP contribution in [0.4, 0.5) is 0 Å². The van der Waals surface area contributed by atoms with E-state index in [0.717, 1.165) is 23.2 Å². The highest BCUT2D eigenvalue weighted by Crippen LogP contribution is 2.31. The van der Waals surface area contributed by atoms with Crippen molar-refractivity contribution in [2.45, 2.75) is 6.61 Å². The van der Waals surface area contributed by atoms with E-state index < -0.39 is 0 Å². The van der Waals surface area contributed by atoms with Crippen molar-refractivity contribution >= 4 is 10.9 Å². The molecule has 0 spiro atoms. The fourth-order valence-electron chi connectivity index (χ4n) is 2.67. The van der Waals surface area contributed by atoms with Gasteiger partial charge in [-0.25, -0.2) is 4.98 Å². The summed E-state index contributed by atoms with van der Waals surface area (Å²) >= 11 is 0. The fraction of sp³-hybridized carbons (Fsp3) is 0.263. The minimum absolute atomic E-state index is 0.0121. The number of phenols is 1. The predicted octanol–water partition coefficient (Wildman–Crippen LogP) is 2.37. The van der Waals surface area contributed by atoms with Crippen LogP contribution >= 0.6 is 0 Å². The first-order valence-corrected chi connectivity index (χ1v) is 8.07. The number of phenolic OH excluding ortho intramolecular Hbond substituents is 1. The minimum Gasteiger partial charge on any atom is -0.506 e. The van der Waals surface area contributed by atoms with Crippen molar-refractivity contribution in [3.05, 3.63) is 58.6 Å². The third kappa shape index (κ3) is 3.87. The van der Waals surface area contributed by atoms with Gasteiger partial charge in [0.15, 0.2) is 0 Å². The van der Waals surface area contributed by atoms with Crippen molar-refractivity contribution in [1.29, 1.82) is 0 Å². The van der Waals surface area contributed by atoms with Crippen molar-refractivity contribution in [2.75, 3.05) is 27.2 Å². The standard InChI is InChI=1S/C19H21N3O3/c1-22(2)7-8-25-11-13-5-3-4-6-15(13)14-9-16-18(17(23)10-14)20-12-21-19(16)24/h3-6,9-10,12,23H,7-8,11H2,1-2H3,(H,20,21,24). The van der Waals surface area contributed by atoms with Gasteiger partial charge in [0.05, 0.1) is 24.9 Å². The molecule has 3 rings (SSSR count). The van der Waals surface area contributed by atoms with E-state index in [0.29, 0.717) is 24.1 Å². The zero-order valence-electron chi connectivity index (χ0n) is 14.3. The average Bonchev–Trinajstić information content (AvgIpc) is 2.60. The van der Waals surface area contributed by atoms with E-state index in [1.807, 2.05) is 38.4 Å². The third-order valence-electron chi connectivity index (χ3n) is 3.99. The number of hydrogen-bond donors (Lipinski definition) is 2. The third-order valence-corrected chi connectivity index (χ3v) is 3.99. The molecule has 0 fully saturated rings. The van der Waals surface area contributed by atoms with Crippen LogP contribution in [0.15, 0.2) is 47.5 Å². The lowest BCUT2D eigenvalue weighted by molar-refractivity contribution is 0.105. The van der Waals surface area contributed by atoms with Crippen LogP contribution in [0, 0.1) is 0 Å². The number of nitrogens with zero attached hydrogens (tertiary/aromatic N) is 2. The Morgan fingerprint density at radius 1 is 1.24 bits per heavy atom. The predicted molar refractivity (Wildman–Crippen MR) is 97.7 cm³/mol. The van der Waals surface area contributed by atoms with E-state index in [2.05, 4.69) is 14.9 Å². The number of aromatic hydroxyl groups is 1. The molecule has 1 aromatic heterocycles. The molecule has 0 aliphatic heterocycles. The van der Waals surface area contributed by atoms with Crippen LogP contribution in [-0.4, -0.2) is 47.2 Å². The van der Waals surface area contributed by atoms with E-state index in [4.69, 9.17) is 4.74 Å². The second kappa shape index (κ2) is 7.46. The molecule has 0 aliphatic rings. The maximum atomic E-state index is 12.0. The molecule has 0 bridgehead atoms. The summed E-state index contributed by atoms with van der Waals surface area (Å²) in [6.07, 6.45) is 1.29. The van der Waals surface area contributed by atoms with E-state index >= 15 is 0 Å². The van der Waals surface area contributed by atoms with Gasteiger partial charge in [0.2, 0.25) is 0 Å². The summed E-state index contributed by atoms with van der Waals surface area (Å²) in [6.45, 7) is 1.94. The van der Waals surface area contributed by atoms with Crippen molar-refractivity contribution in [2.24, 2.45) is 0 Å². The highest BCUT2D eigenvalue weighted by molar-refractivity contribution is 5.89. The van der Waals surface area contributed by atoms with Crippen LogP contribution in [0.3, 0.4) is 0 Å². The molecule has 2 N–H and O–H groups in total. The van der Waals surface area contributed by atoms with Gasteiger partial charge in [-0.05, 0) is 42.9 Å². The first-order chi connectivity index (χ1) is 12.1. The van der Waals surface area contributed by atoms with Crippen molar-refractivity contribution in [3.63, 3.8) is 0 Å². The van der Waals surface area contributed by atoms with Crippen LogP contribution in [0.5, 0.6) is 5.75 Å². The first-order valence-electron chi connectivity index (χ1n) is 8.07. The molecule has 0 aliphatic carbocycles. The van der Waals surface area contributed by atoms with Crippen LogP contribution in [0.25, 0.3) is 22.0 Å². The molecule has 3 aromatic rings. The van der Waals surface area contributed by atoms with Crippen molar-refractivity contribution < 1.29 is 9.84 Å². The van der Waals surface area contributed by atoms with Crippen LogP contribution in [-0.2, 0) is 11.3 Å². The Labute approximate surface area is 145 Å². The van der Waals surface area contributed by atoms with E-state index in [1.54, 1.807) is 12.1 Å². The summed E-state index contributed by atoms with van der Waals surface area (Å²) in [4.78, 5) is 20.7. The number of hydrogen-bond acceptors (Lipinski definition) is 5. The van der Waals surface area contributed by atoms with Gasteiger partial charge in [0.25, 0.3) is 5.56 Å². The molecule has 6 heteroatoms. The van der Waals surface area contributed by atoms with Gasteiger partial charge in [-0.15, -0.1) is 0 Å². The first kappa shape index (κ1) is 17.1. The van der Waals surface area contributed by atoms with Crippen LogP contribution < -0.4 is 5.56 Å². The molecule has 6 nitrogen and oxygen atoms in total. The number of aromatic amines is 1. The Morgan fingerprint density at radius 2 is 2.04 bits per heavy atom. The largest absolute Gasteiger partial charge is 0.506 e. The summed E-state index contributed by atoms with van der Waals surface area (Å²) in [5, 5.41) is 10.6. The van der Waals surface area contributed by atoms with E-state index in [-0.39, 0.29) is 11.3 Å².